The molecule has 1 aromatic heterocycles. The molecule has 16 heavy (non-hydrogen) atoms. The first-order valence-electron chi connectivity index (χ1n) is 5.35. The molecule has 84 valence electrons. The van der Waals surface area contributed by atoms with Crippen LogP contribution in [0.5, 0.6) is 0 Å². The van der Waals surface area contributed by atoms with Crippen molar-refractivity contribution in [3.63, 3.8) is 0 Å². The monoisotopic (exact) mass is 235 g/mol. The summed E-state index contributed by atoms with van der Waals surface area (Å²) < 4.78 is 5.39. The van der Waals surface area contributed by atoms with Gasteiger partial charge in [-0.05, 0) is 42.8 Å². The minimum absolute atomic E-state index is 0.205. The summed E-state index contributed by atoms with van der Waals surface area (Å²) in [5.41, 5.74) is 1.05. The van der Waals surface area contributed by atoms with Gasteiger partial charge in [0.25, 0.3) is 0 Å². The first-order valence-corrected chi connectivity index (χ1v) is 5.73. The molecule has 1 atom stereocenters. The van der Waals surface area contributed by atoms with E-state index in [2.05, 4.69) is 12.2 Å². The minimum atomic E-state index is 0.205. The smallest absolute Gasteiger partial charge is 0.125 e. The van der Waals surface area contributed by atoms with Crippen LogP contribution in [0.2, 0.25) is 5.02 Å². The Balaban J connectivity index is 2.10. The number of furan rings is 1. The van der Waals surface area contributed by atoms with E-state index in [0.717, 1.165) is 22.9 Å². The zero-order chi connectivity index (χ0) is 11.4. The summed E-state index contributed by atoms with van der Waals surface area (Å²) in [6.07, 6.45) is 2.66. The molecule has 0 amide bonds. The van der Waals surface area contributed by atoms with Crippen LogP contribution in [0.15, 0.2) is 47.1 Å². The highest BCUT2D eigenvalue weighted by Gasteiger charge is 2.11. The number of hydrogen-bond donors (Lipinski definition) is 1. The first kappa shape index (κ1) is 11.1. The normalized spacial score (nSPS) is 12.4. The summed E-state index contributed by atoms with van der Waals surface area (Å²) in [5.74, 6) is 0.956. The fraction of sp³-hybridized carbons (Fsp3) is 0.231. The maximum atomic E-state index is 5.84. The van der Waals surface area contributed by atoms with Gasteiger partial charge in [0.05, 0.1) is 12.3 Å². The van der Waals surface area contributed by atoms with Crippen molar-refractivity contribution in [2.75, 3.05) is 5.32 Å². The van der Waals surface area contributed by atoms with Crippen molar-refractivity contribution in [3.05, 3.63) is 53.4 Å². The molecule has 0 saturated heterocycles. The molecule has 0 aliphatic heterocycles. The fourth-order valence-corrected chi connectivity index (χ4v) is 1.74. The highest BCUT2D eigenvalue weighted by Crippen LogP contribution is 2.23. The Morgan fingerprint density at radius 2 is 2.00 bits per heavy atom. The number of nitrogens with one attached hydrogen (secondary N) is 1. The number of rotatable bonds is 4. The lowest BCUT2D eigenvalue weighted by atomic mass is 10.1. The van der Waals surface area contributed by atoms with Crippen molar-refractivity contribution in [1.29, 1.82) is 0 Å². The van der Waals surface area contributed by atoms with Gasteiger partial charge in [-0.2, -0.15) is 0 Å². The van der Waals surface area contributed by atoms with E-state index in [1.165, 1.54) is 0 Å². The second kappa shape index (κ2) is 5.08. The molecule has 0 aliphatic rings. The molecule has 1 unspecified atom stereocenters. The molecule has 0 aliphatic carbocycles. The molecule has 0 spiro atoms. The summed E-state index contributed by atoms with van der Waals surface area (Å²) in [5, 5.41) is 4.15. The minimum Gasteiger partial charge on any atom is -0.467 e. The van der Waals surface area contributed by atoms with Crippen LogP contribution in [0.3, 0.4) is 0 Å². The Kier molecular flexibility index (Phi) is 3.52. The Labute approximate surface area is 100 Å². The van der Waals surface area contributed by atoms with E-state index in [9.17, 15) is 0 Å². The molecule has 2 rings (SSSR count). The third kappa shape index (κ3) is 2.58. The molecule has 1 N–H and O–H groups in total. The SMILES string of the molecule is CCC(Nc1ccc(Cl)cc1)c1ccco1. The van der Waals surface area contributed by atoms with Gasteiger partial charge in [0.1, 0.15) is 5.76 Å². The lowest BCUT2D eigenvalue weighted by Gasteiger charge is -2.15. The number of benzene rings is 1. The summed E-state index contributed by atoms with van der Waals surface area (Å²) in [6, 6.07) is 11.8. The number of halogens is 1. The maximum Gasteiger partial charge on any atom is 0.125 e. The van der Waals surface area contributed by atoms with Crippen molar-refractivity contribution in [3.8, 4) is 0 Å². The summed E-state index contributed by atoms with van der Waals surface area (Å²) >= 11 is 5.84. The average molecular weight is 236 g/mol. The van der Waals surface area contributed by atoms with E-state index >= 15 is 0 Å². The third-order valence-corrected chi connectivity index (χ3v) is 2.73. The van der Waals surface area contributed by atoms with Gasteiger partial charge in [-0.1, -0.05) is 18.5 Å². The standard InChI is InChI=1S/C13H14ClNO/c1-2-12(13-4-3-9-16-13)15-11-7-5-10(14)6-8-11/h3-9,12,15H,2H2,1H3. The van der Waals surface area contributed by atoms with Crippen molar-refractivity contribution < 1.29 is 4.42 Å². The molecular weight excluding hydrogens is 222 g/mol. The molecule has 0 saturated carbocycles. The molecule has 0 radical (unpaired) electrons. The highest BCUT2D eigenvalue weighted by atomic mass is 35.5. The quantitative estimate of drug-likeness (QED) is 0.844. The summed E-state index contributed by atoms with van der Waals surface area (Å²) in [6.45, 7) is 2.12. The highest BCUT2D eigenvalue weighted by molar-refractivity contribution is 6.30. The molecule has 2 aromatic rings. The van der Waals surface area contributed by atoms with Gasteiger partial charge in [0.15, 0.2) is 0 Å². The van der Waals surface area contributed by atoms with Crippen LogP contribution in [0, 0.1) is 0 Å². The van der Waals surface area contributed by atoms with Gasteiger partial charge in [-0.15, -0.1) is 0 Å². The number of anilines is 1. The topological polar surface area (TPSA) is 25.2 Å². The molecule has 0 fully saturated rings. The van der Waals surface area contributed by atoms with E-state index in [1.54, 1.807) is 6.26 Å². The van der Waals surface area contributed by atoms with Gasteiger partial charge >= 0.3 is 0 Å². The Morgan fingerprint density at radius 3 is 2.56 bits per heavy atom. The zero-order valence-corrected chi connectivity index (χ0v) is 9.87. The van der Waals surface area contributed by atoms with Gasteiger partial charge in [0.2, 0.25) is 0 Å². The van der Waals surface area contributed by atoms with Crippen LogP contribution in [0.4, 0.5) is 5.69 Å². The van der Waals surface area contributed by atoms with Gasteiger partial charge in [-0.25, -0.2) is 0 Å². The summed E-state index contributed by atoms with van der Waals surface area (Å²) in [4.78, 5) is 0. The van der Waals surface area contributed by atoms with Crippen molar-refractivity contribution in [1.82, 2.24) is 0 Å². The number of hydrogen-bond acceptors (Lipinski definition) is 2. The third-order valence-electron chi connectivity index (χ3n) is 2.48. The van der Waals surface area contributed by atoms with Crippen LogP contribution in [0.1, 0.15) is 25.1 Å². The molecule has 1 aromatic carbocycles. The molecular formula is C13H14ClNO. The molecule has 2 nitrogen and oxygen atoms in total. The van der Waals surface area contributed by atoms with Crippen LogP contribution < -0.4 is 5.32 Å². The average Bonchev–Trinajstić information content (AvgIpc) is 2.82. The Morgan fingerprint density at radius 1 is 1.25 bits per heavy atom. The molecule has 3 heteroatoms. The van der Waals surface area contributed by atoms with Gasteiger partial charge in [-0.3, -0.25) is 0 Å². The predicted octanol–water partition coefficient (Wildman–Crippen LogP) is 4.50. The van der Waals surface area contributed by atoms with E-state index in [1.807, 2.05) is 36.4 Å². The second-order valence-electron chi connectivity index (χ2n) is 3.63. The maximum absolute atomic E-state index is 5.84. The van der Waals surface area contributed by atoms with Crippen molar-refractivity contribution >= 4 is 17.3 Å². The summed E-state index contributed by atoms with van der Waals surface area (Å²) in [7, 11) is 0. The van der Waals surface area contributed by atoms with Crippen molar-refractivity contribution in [2.45, 2.75) is 19.4 Å². The predicted molar refractivity (Wildman–Crippen MR) is 66.8 cm³/mol. The molecule has 0 bridgehead atoms. The van der Waals surface area contributed by atoms with Crippen LogP contribution in [-0.2, 0) is 0 Å². The van der Waals surface area contributed by atoms with Crippen LogP contribution in [-0.4, -0.2) is 0 Å². The lowest BCUT2D eigenvalue weighted by molar-refractivity contribution is 0.474. The van der Waals surface area contributed by atoms with E-state index in [0.29, 0.717) is 0 Å². The van der Waals surface area contributed by atoms with E-state index in [-0.39, 0.29) is 6.04 Å². The lowest BCUT2D eigenvalue weighted by Crippen LogP contribution is -2.08. The van der Waals surface area contributed by atoms with Crippen LogP contribution in [0.25, 0.3) is 0 Å². The Bertz CT molecular complexity index is 422. The largest absolute Gasteiger partial charge is 0.467 e. The Hall–Kier alpha value is -1.41. The van der Waals surface area contributed by atoms with Crippen molar-refractivity contribution in [2.24, 2.45) is 0 Å². The van der Waals surface area contributed by atoms with Gasteiger partial charge < -0.3 is 9.73 Å². The van der Waals surface area contributed by atoms with E-state index < -0.39 is 0 Å². The van der Waals surface area contributed by atoms with Crippen LogP contribution >= 0.6 is 11.6 Å². The zero-order valence-electron chi connectivity index (χ0n) is 9.11. The molecule has 1 heterocycles. The van der Waals surface area contributed by atoms with Gasteiger partial charge in [0, 0.05) is 10.7 Å². The second-order valence-corrected chi connectivity index (χ2v) is 4.06. The first-order chi connectivity index (χ1) is 7.79. The van der Waals surface area contributed by atoms with E-state index in [4.69, 9.17) is 16.0 Å². The fourth-order valence-electron chi connectivity index (χ4n) is 1.61.